The summed E-state index contributed by atoms with van der Waals surface area (Å²) in [4.78, 5) is 12.4. The van der Waals surface area contributed by atoms with Crippen molar-refractivity contribution in [2.24, 2.45) is 0 Å². The Hall–Kier alpha value is -2.40. The van der Waals surface area contributed by atoms with Crippen LogP contribution in [0.1, 0.15) is 12.5 Å². The fraction of sp³-hybridized carbons (Fsp3) is 0.278. The highest BCUT2D eigenvalue weighted by Crippen LogP contribution is 2.29. The van der Waals surface area contributed by atoms with Gasteiger partial charge in [0.1, 0.15) is 17.2 Å². The van der Waals surface area contributed by atoms with E-state index in [4.69, 9.17) is 25.8 Å². The second kappa shape index (κ2) is 7.93. The number of rotatable bonds is 6. The first-order chi connectivity index (χ1) is 11.4. The van der Waals surface area contributed by atoms with Crippen LogP contribution in [-0.2, 0) is 4.79 Å². The van der Waals surface area contributed by atoms with Crippen LogP contribution in [0.4, 0.5) is 5.69 Å². The maximum Gasteiger partial charge on any atom is 0.265 e. The lowest BCUT2D eigenvalue weighted by molar-refractivity contribution is -0.122. The first-order valence-corrected chi connectivity index (χ1v) is 7.78. The molecule has 0 aliphatic rings. The predicted octanol–water partition coefficient (Wildman–Crippen LogP) is 4.07. The number of aryl methyl sites for hydroxylation is 1. The number of amides is 1. The zero-order chi connectivity index (χ0) is 17.7. The van der Waals surface area contributed by atoms with Gasteiger partial charge in [-0.15, -0.1) is 0 Å². The normalized spacial score (nSPS) is 11.5. The van der Waals surface area contributed by atoms with Crippen molar-refractivity contribution in [2.45, 2.75) is 20.0 Å². The third-order valence-electron chi connectivity index (χ3n) is 3.48. The second-order valence-corrected chi connectivity index (χ2v) is 5.63. The number of nitrogens with one attached hydrogen (secondary N) is 1. The van der Waals surface area contributed by atoms with E-state index in [1.54, 1.807) is 50.4 Å². The Bertz CT molecular complexity index is 733. The number of ether oxygens (including phenoxy) is 3. The molecule has 24 heavy (non-hydrogen) atoms. The van der Waals surface area contributed by atoms with Gasteiger partial charge in [-0.05, 0) is 49.7 Å². The molecule has 5 nitrogen and oxygen atoms in total. The molecule has 2 aromatic carbocycles. The van der Waals surface area contributed by atoms with E-state index in [2.05, 4.69) is 5.32 Å². The van der Waals surface area contributed by atoms with Crippen LogP contribution in [0.5, 0.6) is 17.2 Å². The highest BCUT2D eigenvalue weighted by Gasteiger charge is 2.17. The fourth-order valence-electron chi connectivity index (χ4n) is 2.09. The molecule has 2 aromatic rings. The molecule has 0 aromatic heterocycles. The van der Waals surface area contributed by atoms with Crippen molar-refractivity contribution in [1.82, 2.24) is 0 Å². The van der Waals surface area contributed by atoms with Gasteiger partial charge in [-0.2, -0.15) is 0 Å². The quantitative estimate of drug-likeness (QED) is 0.854. The Morgan fingerprint density at radius 2 is 1.79 bits per heavy atom. The number of hydrogen-bond acceptors (Lipinski definition) is 4. The molecule has 0 radical (unpaired) electrons. The maximum absolute atomic E-state index is 12.4. The monoisotopic (exact) mass is 349 g/mol. The van der Waals surface area contributed by atoms with Crippen LogP contribution in [-0.4, -0.2) is 26.2 Å². The summed E-state index contributed by atoms with van der Waals surface area (Å²) in [6.45, 7) is 3.55. The molecule has 0 saturated carbocycles. The SMILES string of the molecule is COc1ccc(OC)c(NC(=O)C(C)Oc2ccc(Cl)c(C)c2)c1. The van der Waals surface area contributed by atoms with Crippen LogP contribution in [0.25, 0.3) is 0 Å². The molecule has 6 heteroatoms. The molecular weight excluding hydrogens is 330 g/mol. The van der Waals surface area contributed by atoms with Crippen LogP contribution in [0.15, 0.2) is 36.4 Å². The zero-order valence-corrected chi connectivity index (χ0v) is 14.8. The third-order valence-corrected chi connectivity index (χ3v) is 3.90. The highest BCUT2D eigenvalue weighted by molar-refractivity contribution is 6.31. The van der Waals surface area contributed by atoms with Gasteiger partial charge in [0.2, 0.25) is 0 Å². The minimum absolute atomic E-state index is 0.297. The van der Waals surface area contributed by atoms with Gasteiger partial charge in [0.05, 0.1) is 19.9 Å². The van der Waals surface area contributed by atoms with Crippen molar-refractivity contribution in [2.75, 3.05) is 19.5 Å². The van der Waals surface area contributed by atoms with E-state index in [1.165, 1.54) is 7.11 Å². The molecule has 0 aliphatic carbocycles. The number of methoxy groups -OCH3 is 2. The summed E-state index contributed by atoms with van der Waals surface area (Å²) in [7, 11) is 3.09. The molecule has 1 atom stereocenters. The van der Waals surface area contributed by atoms with Gasteiger partial charge >= 0.3 is 0 Å². The Morgan fingerprint density at radius 3 is 2.42 bits per heavy atom. The number of carbonyl (C=O) groups excluding carboxylic acids is 1. The molecule has 0 saturated heterocycles. The summed E-state index contributed by atoms with van der Waals surface area (Å²) < 4.78 is 16.1. The molecule has 0 bridgehead atoms. The first-order valence-electron chi connectivity index (χ1n) is 7.40. The lowest BCUT2D eigenvalue weighted by atomic mass is 10.2. The van der Waals surface area contributed by atoms with Crippen LogP contribution in [0.2, 0.25) is 5.02 Å². The minimum Gasteiger partial charge on any atom is -0.497 e. The molecule has 2 rings (SSSR count). The molecule has 1 amide bonds. The summed E-state index contributed by atoms with van der Waals surface area (Å²) in [5.41, 5.74) is 1.40. The van der Waals surface area contributed by atoms with Crippen molar-refractivity contribution >= 4 is 23.2 Å². The summed E-state index contributed by atoms with van der Waals surface area (Å²) >= 11 is 5.99. The molecule has 1 N–H and O–H groups in total. The Morgan fingerprint density at radius 1 is 1.08 bits per heavy atom. The average Bonchev–Trinajstić information content (AvgIpc) is 2.58. The zero-order valence-electron chi connectivity index (χ0n) is 14.1. The van der Waals surface area contributed by atoms with E-state index in [0.29, 0.717) is 28.0 Å². The molecule has 0 spiro atoms. The van der Waals surface area contributed by atoms with Crippen molar-refractivity contribution in [3.8, 4) is 17.2 Å². The number of anilines is 1. The summed E-state index contributed by atoms with van der Waals surface area (Å²) in [6, 6.07) is 10.4. The van der Waals surface area contributed by atoms with Crippen LogP contribution < -0.4 is 19.5 Å². The Balaban J connectivity index is 2.09. The molecule has 0 aliphatic heterocycles. The van der Waals surface area contributed by atoms with Gasteiger partial charge in [0.25, 0.3) is 5.91 Å². The van der Waals surface area contributed by atoms with Gasteiger partial charge < -0.3 is 19.5 Å². The van der Waals surface area contributed by atoms with E-state index < -0.39 is 6.10 Å². The number of benzene rings is 2. The molecular formula is C18H20ClNO4. The topological polar surface area (TPSA) is 56.8 Å². The van der Waals surface area contributed by atoms with Crippen LogP contribution in [0, 0.1) is 6.92 Å². The molecule has 128 valence electrons. The van der Waals surface area contributed by atoms with E-state index in [1.807, 2.05) is 6.92 Å². The molecule has 0 fully saturated rings. The number of carbonyl (C=O) groups is 1. The highest BCUT2D eigenvalue weighted by atomic mass is 35.5. The van der Waals surface area contributed by atoms with Crippen molar-refractivity contribution in [1.29, 1.82) is 0 Å². The Kier molecular flexibility index (Phi) is 5.93. The fourth-order valence-corrected chi connectivity index (χ4v) is 2.21. The van der Waals surface area contributed by atoms with Gasteiger partial charge in [-0.1, -0.05) is 11.6 Å². The summed E-state index contributed by atoms with van der Waals surface area (Å²) in [5.74, 6) is 1.44. The van der Waals surface area contributed by atoms with Gasteiger partial charge in [-0.3, -0.25) is 4.79 Å². The van der Waals surface area contributed by atoms with Gasteiger partial charge in [-0.25, -0.2) is 0 Å². The van der Waals surface area contributed by atoms with E-state index >= 15 is 0 Å². The number of halogens is 1. The average molecular weight is 350 g/mol. The lowest BCUT2D eigenvalue weighted by Gasteiger charge is -2.17. The predicted molar refractivity (Wildman–Crippen MR) is 94.5 cm³/mol. The smallest absolute Gasteiger partial charge is 0.265 e. The third kappa shape index (κ3) is 4.32. The molecule has 1 unspecified atom stereocenters. The summed E-state index contributed by atoms with van der Waals surface area (Å²) in [5, 5.41) is 3.44. The van der Waals surface area contributed by atoms with E-state index in [0.717, 1.165) is 5.56 Å². The van der Waals surface area contributed by atoms with Crippen molar-refractivity contribution in [3.05, 3.63) is 47.0 Å². The molecule has 0 heterocycles. The van der Waals surface area contributed by atoms with E-state index in [9.17, 15) is 4.79 Å². The van der Waals surface area contributed by atoms with Gasteiger partial charge in [0.15, 0.2) is 6.10 Å². The first kappa shape index (κ1) is 17.9. The van der Waals surface area contributed by atoms with Crippen molar-refractivity contribution in [3.63, 3.8) is 0 Å². The Labute approximate surface area is 146 Å². The minimum atomic E-state index is -0.693. The largest absolute Gasteiger partial charge is 0.497 e. The van der Waals surface area contributed by atoms with Gasteiger partial charge in [0, 0.05) is 11.1 Å². The summed E-state index contributed by atoms with van der Waals surface area (Å²) in [6.07, 6.45) is -0.693. The lowest BCUT2D eigenvalue weighted by Crippen LogP contribution is -2.30. The maximum atomic E-state index is 12.4. The second-order valence-electron chi connectivity index (χ2n) is 5.23. The van der Waals surface area contributed by atoms with E-state index in [-0.39, 0.29) is 5.91 Å². The van der Waals surface area contributed by atoms with Crippen LogP contribution >= 0.6 is 11.6 Å². The number of hydrogen-bond donors (Lipinski definition) is 1. The standard InChI is InChI=1S/C18H20ClNO4/c1-11-9-14(5-7-15(11)19)24-12(2)18(21)20-16-10-13(22-3)6-8-17(16)23-4/h5-10,12H,1-4H3,(H,20,21). The van der Waals surface area contributed by atoms with Crippen LogP contribution in [0.3, 0.4) is 0 Å². The van der Waals surface area contributed by atoms with Crippen molar-refractivity contribution < 1.29 is 19.0 Å².